The number of benzene rings is 1. The van der Waals surface area contributed by atoms with Crippen LogP contribution in [0.25, 0.3) is 0 Å². The van der Waals surface area contributed by atoms with Crippen LogP contribution in [0.5, 0.6) is 5.75 Å². The lowest BCUT2D eigenvalue weighted by molar-refractivity contribution is -0.170. The summed E-state index contributed by atoms with van der Waals surface area (Å²) in [4.78, 5) is 31.7. The van der Waals surface area contributed by atoms with Crippen LogP contribution in [0.2, 0.25) is 0 Å². The lowest BCUT2D eigenvalue weighted by Crippen LogP contribution is -2.55. The molecular weight excluding hydrogens is 334 g/mol. The molecule has 1 aromatic carbocycles. The third kappa shape index (κ3) is 4.58. The standard InChI is InChI=1S/C19H21N3O4/c1-15(23)25-19(24)18(26-17-5-3-2-4-6-17)22-13-11-21(12-14-22)16-7-9-20-10-8-16/h2-10,18H,11-14H2,1H3. The summed E-state index contributed by atoms with van der Waals surface area (Å²) in [5.74, 6) is -0.791. The highest BCUT2D eigenvalue weighted by Crippen LogP contribution is 2.19. The molecule has 1 aliphatic rings. The Balaban J connectivity index is 1.69. The van der Waals surface area contributed by atoms with Crippen LogP contribution >= 0.6 is 0 Å². The molecule has 0 bridgehead atoms. The molecule has 7 heteroatoms. The van der Waals surface area contributed by atoms with Crippen molar-refractivity contribution >= 4 is 17.6 Å². The maximum atomic E-state index is 12.4. The zero-order valence-corrected chi connectivity index (χ0v) is 14.6. The predicted molar refractivity (Wildman–Crippen MR) is 95.7 cm³/mol. The number of para-hydroxylation sites is 1. The first kappa shape index (κ1) is 17.9. The van der Waals surface area contributed by atoms with Gasteiger partial charge in [0.25, 0.3) is 6.23 Å². The largest absolute Gasteiger partial charge is 0.464 e. The van der Waals surface area contributed by atoms with Crippen molar-refractivity contribution in [3.8, 4) is 5.75 Å². The van der Waals surface area contributed by atoms with E-state index in [-0.39, 0.29) is 0 Å². The molecule has 1 saturated heterocycles. The second-order valence-electron chi connectivity index (χ2n) is 5.92. The first-order valence-electron chi connectivity index (χ1n) is 8.46. The van der Waals surface area contributed by atoms with Gasteiger partial charge < -0.3 is 14.4 Å². The number of piperazine rings is 1. The van der Waals surface area contributed by atoms with Crippen molar-refractivity contribution < 1.29 is 19.1 Å². The number of aromatic nitrogens is 1. The summed E-state index contributed by atoms with van der Waals surface area (Å²) in [7, 11) is 0. The van der Waals surface area contributed by atoms with Crippen LogP contribution in [0, 0.1) is 0 Å². The number of pyridine rings is 1. The SMILES string of the molecule is CC(=O)OC(=O)C(Oc1ccccc1)N1CCN(c2ccncc2)CC1. The molecule has 1 aromatic heterocycles. The lowest BCUT2D eigenvalue weighted by atomic mass is 10.2. The minimum atomic E-state index is -0.958. The van der Waals surface area contributed by atoms with E-state index in [9.17, 15) is 9.59 Å². The average molecular weight is 355 g/mol. The van der Waals surface area contributed by atoms with Gasteiger partial charge in [0, 0.05) is 51.2 Å². The summed E-state index contributed by atoms with van der Waals surface area (Å²) in [5, 5.41) is 0. The molecule has 1 aliphatic heterocycles. The van der Waals surface area contributed by atoms with Crippen LogP contribution in [-0.4, -0.2) is 54.2 Å². The molecule has 0 N–H and O–H groups in total. The van der Waals surface area contributed by atoms with Gasteiger partial charge in [0.15, 0.2) is 0 Å². The van der Waals surface area contributed by atoms with E-state index in [1.54, 1.807) is 24.5 Å². The Bertz CT molecular complexity index is 731. The van der Waals surface area contributed by atoms with E-state index in [1.807, 2.05) is 35.2 Å². The van der Waals surface area contributed by atoms with Crippen molar-refractivity contribution in [2.75, 3.05) is 31.1 Å². The fraction of sp³-hybridized carbons (Fsp3) is 0.316. The van der Waals surface area contributed by atoms with Crippen molar-refractivity contribution in [3.63, 3.8) is 0 Å². The molecule has 1 atom stereocenters. The number of carbonyl (C=O) groups excluding carboxylic acids is 2. The van der Waals surface area contributed by atoms with Gasteiger partial charge in [-0.2, -0.15) is 0 Å². The van der Waals surface area contributed by atoms with Crippen LogP contribution < -0.4 is 9.64 Å². The molecule has 136 valence electrons. The van der Waals surface area contributed by atoms with Gasteiger partial charge in [0.05, 0.1) is 0 Å². The molecule has 0 saturated carbocycles. The van der Waals surface area contributed by atoms with E-state index in [2.05, 4.69) is 9.88 Å². The summed E-state index contributed by atoms with van der Waals surface area (Å²) in [6, 6.07) is 13.0. The van der Waals surface area contributed by atoms with Crippen LogP contribution in [-0.2, 0) is 14.3 Å². The molecule has 2 aromatic rings. The topological polar surface area (TPSA) is 72.0 Å². The van der Waals surface area contributed by atoms with Gasteiger partial charge in [-0.3, -0.25) is 14.7 Å². The Hall–Kier alpha value is -2.93. The second kappa shape index (κ2) is 8.44. The highest BCUT2D eigenvalue weighted by Gasteiger charge is 2.33. The predicted octanol–water partition coefficient (Wildman–Crippen LogP) is 1.70. The third-order valence-corrected chi connectivity index (χ3v) is 4.11. The van der Waals surface area contributed by atoms with Crippen molar-refractivity contribution in [2.45, 2.75) is 13.2 Å². The normalized spacial score (nSPS) is 16.0. The van der Waals surface area contributed by atoms with Gasteiger partial charge in [-0.25, -0.2) is 4.79 Å². The average Bonchev–Trinajstić information content (AvgIpc) is 2.67. The minimum absolute atomic E-state index is 0.551. The maximum absolute atomic E-state index is 12.4. The molecule has 0 spiro atoms. The minimum Gasteiger partial charge on any atom is -0.464 e. The van der Waals surface area contributed by atoms with E-state index in [4.69, 9.17) is 9.47 Å². The van der Waals surface area contributed by atoms with Gasteiger partial charge in [-0.05, 0) is 24.3 Å². The highest BCUT2D eigenvalue weighted by molar-refractivity contribution is 5.86. The maximum Gasteiger partial charge on any atom is 0.370 e. The number of hydrogen-bond donors (Lipinski definition) is 0. The van der Waals surface area contributed by atoms with Gasteiger partial charge in [-0.1, -0.05) is 18.2 Å². The first-order valence-corrected chi connectivity index (χ1v) is 8.46. The monoisotopic (exact) mass is 355 g/mol. The molecule has 1 unspecified atom stereocenters. The van der Waals surface area contributed by atoms with Crippen molar-refractivity contribution in [1.29, 1.82) is 0 Å². The summed E-state index contributed by atoms with van der Waals surface area (Å²) < 4.78 is 10.6. The van der Waals surface area contributed by atoms with Gasteiger partial charge in [-0.15, -0.1) is 0 Å². The number of hydrogen-bond acceptors (Lipinski definition) is 7. The van der Waals surface area contributed by atoms with Gasteiger partial charge in [0.2, 0.25) is 0 Å². The number of anilines is 1. The quantitative estimate of drug-likeness (QED) is 0.597. The lowest BCUT2D eigenvalue weighted by Gasteiger charge is -2.38. The van der Waals surface area contributed by atoms with E-state index in [0.717, 1.165) is 18.8 Å². The second-order valence-corrected chi connectivity index (χ2v) is 5.92. The number of carbonyl (C=O) groups is 2. The van der Waals surface area contributed by atoms with Crippen LogP contribution in [0.1, 0.15) is 6.92 Å². The summed E-state index contributed by atoms with van der Waals surface area (Å²) in [5.41, 5.74) is 1.09. The molecule has 26 heavy (non-hydrogen) atoms. The fourth-order valence-corrected chi connectivity index (χ4v) is 2.86. The number of ether oxygens (including phenoxy) is 2. The molecule has 0 amide bonds. The molecular formula is C19H21N3O4. The Kier molecular flexibility index (Phi) is 5.80. The smallest absolute Gasteiger partial charge is 0.370 e. The van der Waals surface area contributed by atoms with E-state index in [1.165, 1.54) is 6.92 Å². The number of rotatable bonds is 5. The molecule has 2 heterocycles. The van der Waals surface area contributed by atoms with E-state index < -0.39 is 18.2 Å². The molecule has 3 rings (SSSR count). The summed E-state index contributed by atoms with van der Waals surface area (Å²) in [6.07, 6.45) is 2.56. The fourth-order valence-electron chi connectivity index (χ4n) is 2.86. The number of esters is 2. The molecule has 7 nitrogen and oxygen atoms in total. The zero-order chi connectivity index (χ0) is 18.4. The molecule has 1 fully saturated rings. The van der Waals surface area contributed by atoms with Gasteiger partial charge in [0.1, 0.15) is 5.75 Å². The Morgan fingerprint density at radius 3 is 2.27 bits per heavy atom. The zero-order valence-electron chi connectivity index (χ0n) is 14.6. The first-order chi connectivity index (χ1) is 12.6. The van der Waals surface area contributed by atoms with Crippen LogP contribution in [0.15, 0.2) is 54.9 Å². The summed E-state index contributed by atoms with van der Waals surface area (Å²) in [6.45, 7) is 3.87. The van der Waals surface area contributed by atoms with Crippen LogP contribution in [0.4, 0.5) is 5.69 Å². The van der Waals surface area contributed by atoms with Crippen molar-refractivity contribution in [2.24, 2.45) is 0 Å². The Morgan fingerprint density at radius 1 is 1.00 bits per heavy atom. The van der Waals surface area contributed by atoms with Crippen molar-refractivity contribution in [1.82, 2.24) is 9.88 Å². The van der Waals surface area contributed by atoms with Crippen molar-refractivity contribution in [3.05, 3.63) is 54.9 Å². The molecule has 0 radical (unpaired) electrons. The third-order valence-electron chi connectivity index (χ3n) is 4.11. The summed E-state index contributed by atoms with van der Waals surface area (Å²) >= 11 is 0. The van der Waals surface area contributed by atoms with Crippen LogP contribution in [0.3, 0.4) is 0 Å². The van der Waals surface area contributed by atoms with E-state index in [0.29, 0.717) is 18.8 Å². The number of nitrogens with zero attached hydrogens (tertiary/aromatic N) is 3. The van der Waals surface area contributed by atoms with E-state index >= 15 is 0 Å². The Labute approximate surface area is 152 Å². The molecule has 0 aliphatic carbocycles. The van der Waals surface area contributed by atoms with Gasteiger partial charge >= 0.3 is 11.9 Å². The highest BCUT2D eigenvalue weighted by atomic mass is 16.6. The Morgan fingerprint density at radius 2 is 1.65 bits per heavy atom.